The summed E-state index contributed by atoms with van der Waals surface area (Å²) in [5, 5.41) is 2.78. The lowest BCUT2D eigenvalue weighted by molar-refractivity contribution is -0.182. The first kappa shape index (κ1) is 22.2. The number of fused-ring (bicyclic) bond motifs is 1. The first-order valence-electron chi connectivity index (χ1n) is 10.4. The zero-order valence-electron chi connectivity index (χ0n) is 16.9. The van der Waals surface area contributed by atoms with Gasteiger partial charge in [0, 0.05) is 18.7 Å². The van der Waals surface area contributed by atoms with Gasteiger partial charge in [0.1, 0.15) is 19.3 Å². The molecular weight excluding hydrogens is 437 g/mol. The van der Waals surface area contributed by atoms with Crippen LogP contribution in [0.15, 0.2) is 23.1 Å². The summed E-state index contributed by atoms with van der Waals surface area (Å²) in [4.78, 5) is 12.8. The second kappa shape index (κ2) is 8.50. The van der Waals surface area contributed by atoms with Gasteiger partial charge in [0.15, 0.2) is 11.5 Å². The number of amides is 1. The van der Waals surface area contributed by atoms with Crippen molar-refractivity contribution < 1.29 is 35.9 Å². The van der Waals surface area contributed by atoms with E-state index in [1.54, 1.807) is 0 Å². The lowest BCUT2D eigenvalue weighted by Crippen LogP contribution is -2.49. The van der Waals surface area contributed by atoms with Gasteiger partial charge in [-0.25, -0.2) is 8.42 Å². The Balaban J connectivity index is 1.43. The van der Waals surface area contributed by atoms with Crippen LogP contribution in [0.5, 0.6) is 11.5 Å². The van der Waals surface area contributed by atoms with Gasteiger partial charge in [-0.15, -0.1) is 0 Å². The van der Waals surface area contributed by atoms with Crippen molar-refractivity contribution in [2.75, 3.05) is 19.8 Å². The second-order valence-electron chi connectivity index (χ2n) is 8.18. The van der Waals surface area contributed by atoms with Crippen molar-refractivity contribution in [2.45, 2.75) is 61.7 Å². The van der Waals surface area contributed by atoms with Crippen molar-refractivity contribution in [3.8, 4) is 11.5 Å². The van der Waals surface area contributed by atoms with E-state index in [1.807, 2.05) is 0 Å². The highest BCUT2D eigenvalue weighted by molar-refractivity contribution is 7.89. The van der Waals surface area contributed by atoms with E-state index < -0.39 is 34.1 Å². The van der Waals surface area contributed by atoms with Crippen molar-refractivity contribution in [1.82, 2.24) is 9.62 Å². The molecule has 1 saturated heterocycles. The molecule has 11 heteroatoms. The van der Waals surface area contributed by atoms with Gasteiger partial charge in [-0.2, -0.15) is 17.5 Å². The summed E-state index contributed by atoms with van der Waals surface area (Å²) in [6.07, 6.45) is -2.91. The van der Waals surface area contributed by atoms with Crippen molar-refractivity contribution in [3.05, 3.63) is 18.2 Å². The number of benzene rings is 1. The van der Waals surface area contributed by atoms with Gasteiger partial charge >= 0.3 is 6.18 Å². The first-order valence-corrected chi connectivity index (χ1v) is 11.9. The molecule has 3 aliphatic rings. The lowest BCUT2D eigenvalue weighted by Gasteiger charge is -2.32. The third kappa shape index (κ3) is 4.62. The Morgan fingerprint density at radius 2 is 1.71 bits per heavy atom. The molecule has 4 rings (SSSR count). The number of carbonyl (C=O) groups excluding carboxylic acids is 1. The fourth-order valence-corrected chi connectivity index (χ4v) is 6.14. The van der Waals surface area contributed by atoms with Gasteiger partial charge in [-0.3, -0.25) is 4.79 Å². The number of nitrogens with zero attached hydrogens (tertiary/aromatic N) is 1. The zero-order valence-corrected chi connectivity index (χ0v) is 17.7. The van der Waals surface area contributed by atoms with E-state index in [0.29, 0.717) is 37.6 Å². The van der Waals surface area contributed by atoms with Crippen LogP contribution in [-0.2, 0) is 14.8 Å². The van der Waals surface area contributed by atoms with Crippen molar-refractivity contribution >= 4 is 15.9 Å². The highest BCUT2D eigenvalue weighted by atomic mass is 32.2. The minimum atomic E-state index is -4.21. The van der Waals surface area contributed by atoms with Crippen LogP contribution in [0.4, 0.5) is 13.2 Å². The average Bonchev–Trinajstić information content (AvgIpc) is 3.24. The van der Waals surface area contributed by atoms with E-state index in [9.17, 15) is 26.4 Å². The fraction of sp³-hybridized carbons (Fsp3) is 0.650. The standard InChI is InChI=1S/C20H25F3N2O5S/c21-20(22,23)13-3-5-14(6-4-13)24-19(26)16-2-1-9-25(16)31(27,28)15-7-8-17-18(12-15)30-11-10-29-17/h7-8,12-14,16H,1-6,9-11H2,(H,24,26). The Labute approximate surface area is 178 Å². The summed E-state index contributed by atoms with van der Waals surface area (Å²) in [6.45, 7) is 0.913. The van der Waals surface area contributed by atoms with Crippen molar-refractivity contribution in [2.24, 2.45) is 5.92 Å². The number of halogens is 3. The maximum atomic E-state index is 13.2. The van der Waals surface area contributed by atoms with Gasteiger partial charge in [-0.05, 0) is 50.7 Å². The number of ether oxygens (including phenoxy) is 2. The molecule has 2 heterocycles. The molecule has 1 aliphatic carbocycles. The molecule has 1 unspecified atom stereocenters. The van der Waals surface area contributed by atoms with E-state index in [0.717, 1.165) is 0 Å². The molecule has 1 aromatic rings. The average molecular weight is 462 g/mol. The molecule has 0 spiro atoms. The van der Waals surface area contributed by atoms with Crippen LogP contribution in [0.3, 0.4) is 0 Å². The van der Waals surface area contributed by atoms with Crippen molar-refractivity contribution in [3.63, 3.8) is 0 Å². The number of alkyl halides is 3. The highest BCUT2D eigenvalue weighted by Gasteiger charge is 2.43. The number of nitrogens with one attached hydrogen (secondary N) is 1. The van der Waals surface area contributed by atoms with Crippen LogP contribution < -0.4 is 14.8 Å². The number of rotatable bonds is 4. The summed E-state index contributed by atoms with van der Waals surface area (Å²) in [7, 11) is -3.95. The maximum Gasteiger partial charge on any atom is 0.391 e. The molecule has 0 bridgehead atoms. The van der Waals surface area contributed by atoms with E-state index in [1.165, 1.54) is 22.5 Å². The Kier molecular flexibility index (Phi) is 6.08. The summed E-state index contributed by atoms with van der Waals surface area (Å²) in [5.74, 6) is -0.974. The Bertz CT molecular complexity index is 929. The smallest absolute Gasteiger partial charge is 0.391 e. The molecule has 2 aliphatic heterocycles. The molecule has 1 saturated carbocycles. The first-order chi connectivity index (χ1) is 14.7. The molecule has 1 aromatic carbocycles. The summed E-state index contributed by atoms with van der Waals surface area (Å²) < 4.78 is 77.0. The van der Waals surface area contributed by atoms with Crippen molar-refractivity contribution in [1.29, 1.82) is 0 Å². The van der Waals surface area contributed by atoms with Gasteiger partial charge in [0.2, 0.25) is 15.9 Å². The van der Waals surface area contributed by atoms with E-state index in [4.69, 9.17) is 9.47 Å². The largest absolute Gasteiger partial charge is 0.486 e. The van der Waals surface area contributed by atoms with Crippen LogP contribution in [0, 0.1) is 5.92 Å². The van der Waals surface area contributed by atoms with Crippen LogP contribution in [0.1, 0.15) is 38.5 Å². The zero-order chi connectivity index (χ0) is 22.2. The van der Waals surface area contributed by atoms with Crippen LogP contribution >= 0.6 is 0 Å². The molecular formula is C20H25F3N2O5S. The van der Waals surface area contributed by atoms with Crippen LogP contribution in [0.25, 0.3) is 0 Å². The normalized spacial score (nSPS) is 27.1. The molecule has 1 N–H and O–H groups in total. The van der Waals surface area contributed by atoms with E-state index >= 15 is 0 Å². The number of carbonyl (C=O) groups is 1. The topological polar surface area (TPSA) is 84.9 Å². The molecule has 2 fully saturated rings. The summed E-state index contributed by atoms with van der Waals surface area (Å²) >= 11 is 0. The third-order valence-electron chi connectivity index (χ3n) is 6.16. The molecule has 7 nitrogen and oxygen atoms in total. The van der Waals surface area contributed by atoms with E-state index in [-0.39, 0.29) is 43.2 Å². The second-order valence-corrected chi connectivity index (χ2v) is 10.1. The maximum absolute atomic E-state index is 13.2. The predicted octanol–water partition coefficient (Wildman–Crippen LogP) is 2.85. The fourth-order valence-electron chi connectivity index (χ4n) is 4.47. The summed E-state index contributed by atoms with van der Waals surface area (Å²) in [5.41, 5.74) is 0. The molecule has 31 heavy (non-hydrogen) atoms. The minimum Gasteiger partial charge on any atom is -0.486 e. The Morgan fingerprint density at radius 1 is 1.03 bits per heavy atom. The molecule has 1 amide bonds. The number of sulfonamides is 1. The van der Waals surface area contributed by atoms with Gasteiger partial charge in [0.25, 0.3) is 0 Å². The summed E-state index contributed by atoms with van der Waals surface area (Å²) in [6, 6.07) is 3.11. The SMILES string of the molecule is O=C(NC1CCC(C(F)(F)F)CC1)C1CCCN1S(=O)(=O)c1ccc2c(c1)OCCO2. The Morgan fingerprint density at radius 3 is 2.39 bits per heavy atom. The molecule has 1 atom stereocenters. The minimum absolute atomic E-state index is 0.0159. The Hall–Kier alpha value is -2.01. The van der Waals surface area contributed by atoms with Gasteiger partial charge < -0.3 is 14.8 Å². The van der Waals surface area contributed by atoms with E-state index in [2.05, 4.69) is 5.32 Å². The van der Waals surface area contributed by atoms with Crippen LogP contribution in [0.2, 0.25) is 0 Å². The monoisotopic (exact) mass is 462 g/mol. The third-order valence-corrected chi connectivity index (χ3v) is 8.07. The molecule has 172 valence electrons. The predicted molar refractivity (Wildman–Crippen MR) is 104 cm³/mol. The molecule has 0 radical (unpaired) electrons. The van der Waals surface area contributed by atoms with Gasteiger partial charge in [-0.1, -0.05) is 0 Å². The number of hydrogen-bond donors (Lipinski definition) is 1. The molecule has 0 aromatic heterocycles. The highest BCUT2D eigenvalue weighted by Crippen LogP contribution is 2.38. The quantitative estimate of drug-likeness (QED) is 0.744. The number of hydrogen-bond acceptors (Lipinski definition) is 5. The van der Waals surface area contributed by atoms with Crippen LogP contribution in [-0.4, -0.2) is 56.6 Å². The lowest BCUT2D eigenvalue weighted by atomic mass is 9.85. The van der Waals surface area contributed by atoms with Gasteiger partial charge in [0.05, 0.1) is 10.8 Å².